The number of piperidine rings is 1. The van der Waals surface area contributed by atoms with Crippen LogP contribution in [0.25, 0.3) is 0 Å². The molecule has 0 bridgehead atoms. The van der Waals surface area contributed by atoms with E-state index >= 15 is 0 Å². The Morgan fingerprint density at radius 1 is 1.00 bits per heavy atom. The van der Waals surface area contributed by atoms with Gasteiger partial charge in [0.2, 0.25) is 0 Å². The van der Waals surface area contributed by atoms with E-state index in [9.17, 15) is 4.79 Å². The van der Waals surface area contributed by atoms with Gasteiger partial charge < -0.3 is 19.4 Å². The SMILES string of the molecule is CCCN(CC1CCCO1)C1CCN(c2ccc(C(=O)N3CCN(CC)CC3)cc2)CC1. The van der Waals surface area contributed by atoms with Crippen LogP contribution < -0.4 is 4.90 Å². The fraction of sp³-hybridized carbons (Fsp3) is 0.731. The predicted molar refractivity (Wildman–Crippen MR) is 131 cm³/mol. The van der Waals surface area contributed by atoms with Crippen LogP contribution in [0, 0.1) is 0 Å². The number of hydrogen-bond donors (Lipinski definition) is 0. The second kappa shape index (κ2) is 11.5. The zero-order chi connectivity index (χ0) is 22.3. The summed E-state index contributed by atoms with van der Waals surface area (Å²) in [6.07, 6.45) is 6.49. The lowest BCUT2D eigenvalue weighted by atomic mass is 10.0. The quantitative estimate of drug-likeness (QED) is 0.618. The zero-order valence-electron chi connectivity index (χ0n) is 20.2. The Labute approximate surface area is 194 Å². The number of nitrogens with zero attached hydrogens (tertiary/aromatic N) is 4. The number of piperazine rings is 1. The molecule has 4 rings (SSSR count). The van der Waals surface area contributed by atoms with E-state index < -0.39 is 0 Å². The number of carbonyl (C=O) groups excluding carboxylic acids is 1. The van der Waals surface area contributed by atoms with E-state index in [1.54, 1.807) is 0 Å². The Morgan fingerprint density at radius 2 is 1.72 bits per heavy atom. The lowest BCUT2D eigenvalue weighted by Gasteiger charge is -2.40. The number of anilines is 1. The van der Waals surface area contributed by atoms with Crippen LogP contribution in [0.1, 0.15) is 56.3 Å². The first-order chi connectivity index (χ1) is 15.7. The van der Waals surface area contributed by atoms with Crippen LogP contribution in [0.15, 0.2) is 24.3 Å². The molecule has 3 aliphatic rings. The van der Waals surface area contributed by atoms with Crippen molar-refractivity contribution < 1.29 is 9.53 Å². The first-order valence-electron chi connectivity index (χ1n) is 12.9. The number of carbonyl (C=O) groups is 1. The highest BCUT2D eigenvalue weighted by Gasteiger charge is 2.28. The molecular weight excluding hydrogens is 400 g/mol. The lowest BCUT2D eigenvalue weighted by Crippen LogP contribution is -2.48. The second-order valence-corrected chi connectivity index (χ2v) is 9.62. The molecule has 0 aliphatic carbocycles. The molecule has 6 nitrogen and oxygen atoms in total. The van der Waals surface area contributed by atoms with Crippen molar-refractivity contribution in [1.29, 1.82) is 0 Å². The Kier molecular flexibility index (Phi) is 8.44. The van der Waals surface area contributed by atoms with E-state index in [-0.39, 0.29) is 5.91 Å². The molecule has 1 aromatic carbocycles. The van der Waals surface area contributed by atoms with Gasteiger partial charge in [-0.25, -0.2) is 0 Å². The van der Waals surface area contributed by atoms with E-state index in [0.29, 0.717) is 12.1 Å². The molecule has 1 atom stereocenters. The lowest BCUT2D eigenvalue weighted by molar-refractivity contribution is 0.0514. The molecule has 0 radical (unpaired) electrons. The summed E-state index contributed by atoms with van der Waals surface area (Å²) in [5, 5.41) is 0. The third-order valence-corrected chi connectivity index (χ3v) is 7.54. The molecular formula is C26H42N4O2. The number of benzene rings is 1. The molecule has 0 saturated carbocycles. The summed E-state index contributed by atoms with van der Waals surface area (Å²) in [4.78, 5) is 22.5. The van der Waals surface area contributed by atoms with E-state index in [1.165, 1.54) is 44.3 Å². The molecule has 3 saturated heterocycles. The fourth-order valence-corrected chi connectivity index (χ4v) is 5.51. The van der Waals surface area contributed by atoms with Crippen molar-refractivity contribution in [3.05, 3.63) is 29.8 Å². The van der Waals surface area contributed by atoms with Crippen molar-refractivity contribution in [1.82, 2.24) is 14.7 Å². The van der Waals surface area contributed by atoms with Gasteiger partial charge in [0.25, 0.3) is 5.91 Å². The van der Waals surface area contributed by atoms with Crippen LogP contribution >= 0.6 is 0 Å². The highest BCUT2D eigenvalue weighted by atomic mass is 16.5. The monoisotopic (exact) mass is 442 g/mol. The molecule has 6 heteroatoms. The van der Waals surface area contributed by atoms with Gasteiger partial charge in [-0.3, -0.25) is 9.69 Å². The fourth-order valence-electron chi connectivity index (χ4n) is 5.51. The minimum Gasteiger partial charge on any atom is -0.377 e. The standard InChI is InChI=1S/C26H42N4O2/c1-3-13-30(21-25-6-5-20-32-25)24-11-14-28(15-12-24)23-9-7-22(8-10-23)26(31)29-18-16-27(4-2)17-19-29/h7-10,24-25H,3-6,11-21H2,1-2H3. The molecule has 32 heavy (non-hydrogen) atoms. The summed E-state index contributed by atoms with van der Waals surface area (Å²) in [7, 11) is 0. The molecule has 178 valence electrons. The Hall–Kier alpha value is -1.63. The van der Waals surface area contributed by atoms with Crippen molar-refractivity contribution in [3.8, 4) is 0 Å². The van der Waals surface area contributed by atoms with E-state index in [2.05, 4.69) is 40.7 Å². The third kappa shape index (κ3) is 5.83. The molecule has 0 aromatic heterocycles. The number of likely N-dealkylation sites (N-methyl/N-ethyl adjacent to an activating group) is 1. The van der Waals surface area contributed by atoms with Crippen LogP contribution in [-0.4, -0.2) is 98.3 Å². The molecule has 0 spiro atoms. The molecule has 3 fully saturated rings. The maximum atomic E-state index is 12.9. The number of ether oxygens (including phenoxy) is 1. The van der Waals surface area contributed by atoms with E-state index in [1.807, 2.05) is 17.0 Å². The average Bonchev–Trinajstić information content (AvgIpc) is 3.37. The summed E-state index contributed by atoms with van der Waals surface area (Å²) in [6.45, 7) is 14.6. The number of hydrogen-bond acceptors (Lipinski definition) is 5. The van der Waals surface area contributed by atoms with Crippen molar-refractivity contribution in [2.24, 2.45) is 0 Å². The summed E-state index contributed by atoms with van der Waals surface area (Å²) >= 11 is 0. The van der Waals surface area contributed by atoms with Gasteiger partial charge in [-0.15, -0.1) is 0 Å². The zero-order valence-corrected chi connectivity index (χ0v) is 20.2. The van der Waals surface area contributed by atoms with Gasteiger partial charge >= 0.3 is 0 Å². The minimum absolute atomic E-state index is 0.176. The topological polar surface area (TPSA) is 39.3 Å². The van der Waals surface area contributed by atoms with Crippen molar-refractivity contribution >= 4 is 11.6 Å². The van der Waals surface area contributed by atoms with Gasteiger partial charge in [0.1, 0.15) is 0 Å². The van der Waals surface area contributed by atoms with Crippen LogP contribution in [-0.2, 0) is 4.74 Å². The normalized spacial score (nSPS) is 23.3. The Bertz CT molecular complexity index is 703. The number of rotatable bonds is 8. The van der Waals surface area contributed by atoms with Crippen LogP contribution in [0.3, 0.4) is 0 Å². The molecule has 0 N–H and O–H groups in total. The second-order valence-electron chi connectivity index (χ2n) is 9.62. The van der Waals surface area contributed by atoms with Gasteiger partial charge in [0.05, 0.1) is 6.10 Å². The molecule has 1 unspecified atom stereocenters. The third-order valence-electron chi connectivity index (χ3n) is 7.54. The minimum atomic E-state index is 0.176. The molecule has 3 aliphatic heterocycles. The summed E-state index contributed by atoms with van der Waals surface area (Å²) < 4.78 is 5.91. The smallest absolute Gasteiger partial charge is 0.253 e. The van der Waals surface area contributed by atoms with Crippen molar-refractivity contribution in [3.63, 3.8) is 0 Å². The van der Waals surface area contributed by atoms with Crippen LogP contribution in [0.2, 0.25) is 0 Å². The van der Waals surface area contributed by atoms with Crippen LogP contribution in [0.5, 0.6) is 0 Å². The summed E-state index contributed by atoms with van der Waals surface area (Å²) in [5.41, 5.74) is 2.07. The Balaban J connectivity index is 1.28. The van der Waals surface area contributed by atoms with Gasteiger partial charge in [-0.05, 0) is 69.5 Å². The van der Waals surface area contributed by atoms with Gasteiger partial charge in [-0.2, -0.15) is 0 Å². The highest BCUT2D eigenvalue weighted by Crippen LogP contribution is 2.25. The largest absolute Gasteiger partial charge is 0.377 e. The van der Waals surface area contributed by atoms with E-state index in [0.717, 1.165) is 64.5 Å². The van der Waals surface area contributed by atoms with Gasteiger partial charge in [-0.1, -0.05) is 13.8 Å². The predicted octanol–water partition coefficient (Wildman–Crippen LogP) is 3.32. The molecule has 3 heterocycles. The molecule has 1 aromatic rings. The average molecular weight is 443 g/mol. The van der Waals surface area contributed by atoms with Crippen LogP contribution in [0.4, 0.5) is 5.69 Å². The van der Waals surface area contributed by atoms with Crippen molar-refractivity contribution in [2.45, 2.75) is 58.1 Å². The Morgan fingerprint density at radius 3 is 2.31 bits per heavy atom. The van der Waals surface area contributed by atoms with Gasteiger partial charge in [0.15, 0.2) is 0 Å². The van der Waals surface area contributed by atoms with Gasteiger partial charge in [0, 0.05) is 69.7 Å². The maximum absolute atomic E-state index is 12.9. The highest BCUT2D eigenvalue weighted by molar-refractivity contribution is 5.94. The maximum Gasteiger partial charge on any atom is 0.253 e. The summed E-state index contributed by atoms with van der Waals surface area (Å²) in [6, 6.07) is 9.00. The van der Waals surface area contributed by atoms with E-state index in [4.69, 9.17) is 4.74 Å². The van der Waals surface area contributed by atoms with Crippen molar-refractivity contribution in [2.75, 3.05) is 70.4 Å². The molecule has 1 amide bonds. The first kappa shape index (κ1) is 23.5. The summed E-state index contributed by atoms with van der Waals surface area (Å²) in [5.74, 6) is 0.176. The number of amides is 1. The first-order valence-corrected chi connectivity index (χ1v) is 12.9.